The molecule has 9 heteroatoms. The topological polar surface area (TPSA) is 110 Å². The van der Waals surface area contributed by atoms with Crippen molar-refractivity contribution in [2.24, 2.45) is 0 Å². The lowest BCUT2D eigenvalue weighted by Gasteiger charge is -2.39. The molecule has 2 fully saturated rings. The Morgan fingerprint density at radius 3 is 2.77 bits per heavy atom. The van der Waals surface area contributed by atoms with Gasteiger partial charge in [-0.3, -0.25) is 14.2 Å². The molecule has 0 aliphatic carbocycles. The second-order valence-electron chi connectivity index (χ2n) is 8.24. The van der Waals surface area contributed by atoms with Crippen LogP contribution in [0, 0.1) is 6.92 Å². The number of carbonyl (C=O) groups is 1. The lowest BCUT2D eigenvalue weighted by Crippen LogP contribution is -2.47. The van der Waals surface area contributed by atoms with Crippen LogP contribution in [0.15, 0.2) is 38.5 Å². The number of aromatic amines is 1. The molecule has 2 N–H and O–H groups in total. The van der Waals surface area contributed by atoms with Crippen LogP contribution in [-0.2, 0) is 11.3 Å². The number of H-pyrrole nitrogens is 1. The number of aryl methyl sites for hydroxylation is 1. The molecule has 30 heavy (non-hydrogen) atoms. The number of hydrogen-bond donors (Lipinski definition) is 2. The Morgan fingerprint density at radius 2 is 2.07 bits per heavy atom. The SMILES string of the molecule is Cc1cc(=O)n(CCN2CCC3(CCC(CNC(=O)c4ccco4)O3)CC2)c(=O)[nH]1. The number of furan rings is 1. The second-order valence-corrected chi connectivity index (χ2v) is 8.24. The number of hydrogen-bond acceptors (Lipinski definition) is 6. The van der Waals surface area contributed by atoms with Crippen molar-refractivity contribution in [1.29, 1.82) is 0 Å². The maximum Gasteiger partial charge on any atom is 0.328 e. The van der Waals surface area contributed by atoms with Gasteiger partial charge in [0.2, 0.25) is 0 Å². The van der Waals surface area contributed by atoms with E-state index in [1.165, 1.54) is 16.9 Å². The summed E-state index contributed by atoms with van der Waals surface area (Å²) in [5, 5.41) is 2.88. The Bertz CT molecular complexity index is 954. The molecule has 0 bridgehead atoms. The predicted molar refractivity (Wildman–Crippen MR) is 110 cm³/mol. The first-order valence-corrected chi connectivity index (χ1v) is 10.5. The van der Waals surface area contributed by atoms with Gasteiger partial charge < -0.3 is 24.4 Å². The quantitative estimate of drug-likeness (QED) is 0.724. The zero-order chi connectivity index (χ0) is 21.1. The molecule has 2 saturated heterocycles. The smallest absolute Gasteiger partial charge is 0.328 e. The van der Waals surface area contributed by atoms with E-state index < -0.39 is 0 Å². The van der Waals surface area contributed by atoms with E-state index in [-0.39, 0.29) is 28.9 Å². The number of piperidine rings is 1. The summed E-state index contributed by atoms with van der Waals surface area (Å²) in [7, 11) is 0. The third kappa shape index (κ3) is 4.57. The van der Waals surface area contributed by atoms with Crippen molar-refractivity contribution in [3.63, 3.8) is 0 Å². The van der Waals surface area contributed by atoms with E-state index in [1.807, 2.05) is 0 Å². The number of amides is 1. The predicted octanol–water partition coefficient (Wildman–Crippen LogP) is 0.882. The number of likely N-dealkylation sites (tertiary alicyclic amines) is 1. The molecular formula is C21H28N4O5. The van der Waals surface area contributed by atoms with Gasteiger partial charge in [-0.15, -0.1) is 0 Å². The molecular weight excluding hydrogens is 388 g/mol. The average Bonchev–Trinajstić information content (AvgIpc) is 3.38. The van der Waals surface area contributed by atoms with Gasteiger partial charge in [-0.05, 0) is 44.7 Å². The Labute approximate surface area is 174 Å². The lowest BCUT2D eigenvalue weighted by atomic mass is 9.88. The molecule has 1 amide bonds. The molecule has 162 valence electrons. The molecule has 2 aromatic heterocycles. The largest absolute Gasteiger partial charge is 0.459 e. The molecule has 0 saturated carbocycles. The first kappa shape index (κ1) is 20.6. The minimum absolute atomic E-state index is 0.0140. The van der Waals surface area contributed by atoms with Gasteiger partial charge in [-0.25, -0.2) is 4.79 Å². The number of nitrogens with zero attached hydrogens (tertiary/aromatic N) is 2. The highest BCUT2D eigenvalue weighted by Gasteiger charge is 2.42. The second kappa shape index (κ2) is 8.61. The van der Waals surface area contributed by atoms with Crippen molar-refractivity contribution >= 4 is 5.91 Å². The number of aromatic nitrogens is 2. The standard InChI is InChI=1S/C21H28N4O5/c1-15-13-18(26)25(20(28)23-15)11-10-24-8-6-21(7-9-24)5-4-16(30-21)14-22-19(27)17-3-2-12-29-17/h2-3,12-13,16H,4-11,14H2,1H3,(H,22,27)(H,23,28). The molecule has 4 rings (SSSR count). The highest BCUT2D eigenvalue weighted by molar-refractivity contribution is 5.91. The van der Waals surface area contributed by atoms with Crippen LogP contribution in [0.2, 0.25) is 0 Å². The van der Waals surface area contributed by atoms with Gasteiger partial charge in [-0.1, -0.05) is 0 Å². The van der Waals surface area contributed by atoms with E-state index in [0.717, 1.165) is 38.8 Å². The number of nitrogens with one attached hydrogen (secondary N) is 2. The maximum atomic E-state index is 12.0. The van der Waals surface area contributed by atoms with Crippen LogP contribution < -0.4 is 16.6 Å². The van der Waals surface area contributed by atoms with Crippen LogP contribution in [0.3, 0.4) is 0 Å². The first-order chi connectivity index (χ1) is 14.4. The Hall–Kier alpha value is -2.65. The highest BCUT2D eigenvalue weighted by Crippen LogP contribution is 2.38. The number of rotatable bonds is 6. The fraction of sp³-hybridized carbons (Fsp3) is 0.571. The van der Waals surface area contributed by atoms with Gasteiger partial charge in [0.1, 0.15) is 0 Å². The molecule has 2 aromatic rings. The van der Waals surface area contributed by atoms with E-state index >= 15 is 0 Å². The van der Waals surface area contributed by atoms with Crippen molar-refractivity contribution in [2.75, 3.05) is 26.2 Å². The van der Waals surface area contributed by atoms with Crippen molar-refractivity contribution in [3.05, 3.63) is 56.8 Å². The zero-order valence-electron chi connectivity index (χ0n) is 17.2. The fourth-order valence-electron chi connectivity index (χ4n) is 4.38. The van der Waals surface area contributed by atoms with Crippen LogP contribution in [-0.4, -0.2) is 58.2 Å². The lowest BCUT2D eigenvalue weighted by molar-refractivity contribution is -0.0757. The van der Waals surface area contributed by atoms with Gasteiger partial charge in [0.15, 0.2) is 5.76 Å². The van der Waals surface area contributed by atoms with Crippen LogP contribution in [0.1, 0.15) is 41.9 Å². The third-order valence-corrected chi connectivity index (χ3v) is 6.14. The summed E-state index contributed by atoms with van der Waals surface area (Å²) in [6.45, 7) is 4.95. The number of ether oxygens (including phenoxy) is 1. The monoisotopic (exact) mass is 416 g/mol. The fourth-order valence-corrected chi connectivity index (χ4v) is 4.38. The molecule has 4 heterocycles. The Balaban J connectivity index is 1.23. The molecule has 0 aromatic carbocycles. The molecule has 0 radical (unpaired) electrons. The van der Waals surface area contributed by atoms with Crippen molar-refractivity contribution in [3.8, 4) is 0 Å². The van der Waals surface area contributed by atoms with Crippen LogP contribution in [0.4, 0.5) is 0 Å². The minimum Gasteiger partial charge on any atom is -0.459 e. The van der Waals surface area contributed by atoms with E-state index in [4.69, 9.17) is 9.15 Å². The highest BCUT2D eigenvalue weighted by atomic mass is 16.5. The maximum absolute atomic E-state index is 12.0. The summed E-state index contributed by atoms with van der Waals surface area (Å²) >= 11 is 0. The van der Waals surface area contributed by atoms with E-state index in [9.17, 15) is 14.4 Å². The number of carbonyl (C=O) groups excluding carboxylic acids is 1. The van der Waals surface area contributed by atoms with Crippen molar-refractivity contribution in [1.82, 2.24) is 19.8 Å². The Morgan fingerprint density at radius 1 is 1.27 bits per heavy atom. The van der Waals surface area contributed by atoms with E-state index in [2.05, 4.69) is 15.2 Å². The molecule has 2 aliphatic heterocycles. The van der Waals surface area contributed by atoms with Gasteiger partial charge in [0.05, 0.1) is 18.0 Å². The van der Waals surface area contributed by atoms with Crippen LogP contribution in [0.25, 0.3) is 0 Å². The van der Waals surface area contributed by atoms with Gasteiger partial charge in [0, 0.05) is 44.5 Å². The summed E-state index contributed by atoms with van der Waals surface area (Å²) < 4.78 is 12.7. The molecule has 1 unspecified atom stereocenters. The molecule has 1 spiro atoms. The summed E-state index contributed by atoms with van der Waals surface area (Å²) in [5.74, 6) is 0.0863. The van der Waals surface area contributed by atoms with Crippen molar-refractivity contribution < 1.29 is 13.9 Å². The van der Waals surface area contributed by atoms with E-state index in [0.29, 0.717) is 31.1 Å². The van der Waals surface area contributed by atoms with Gasteiger partial charge in [-0.2, -0.15) is 0 Å². The van der Waals surface area contributed by atoms with Gasteiger partial charge >= 0.3 is 5.69 Å². The Kier molecular flexibility index (Phi) is 5.92. The van der Waals surface area contributed by atoms with Crippen LogP contribution in [0.5, 0.6) is 0 Å². The van der Waals surface area contributed by atoms with Crippen molar-refractivity contribution in [2.45, 2.75) is 50.9 Å². The summed E-state index contributed by atoms with van der Waals surface area (Å²) in [5.41, 5.74) is -0.167. The third-order valence-electron chi connectivity index (χ3n) is 6.14. The normalized spacial score (nSPS) is 21.2. The van der Waals surface area contributed by atoms with Gasteiger partial charge in [0.25, 0.3) is 11.5 Å². The summed E-state index contributed by atoms with van der Waals surface area (Å²) in [6.07, 6.45) is 5.23. The van der Waals surface area contributed by atoms with E-state index in [1.54, 1.807) is 19.1 Å². The zero-order valence-corrected chi connectivity index (χ0v) is 17.2. The summed E-state index contributed by atoms with van der Waals surface area (Å²) in [4.78, 5) is 41.0. The average molecular weight is 416 g/mol. The molecule has 1 atom stereocenters. The first-order valence-electron chi connectivity index (χ1n) is 10.5. The molecule has 2 aliphatic rings. The minimum atomic E-state index is -0.355. The van der Waals surface area contributed by atoms with Crippen LogP contribution >= 0.6 is 0 Å². The molecule has 9 nitrogen and oxygen atoms in total. The summed E-state index contributed by atoms with van der Waals surface area (Å²) in [6, 6.07) is 4.78.